The Labute approximate surface area is 76.7 Å². The van der Waals surface area contributed by atoms with Crippen molar-refractivity contribution in [3.05, 3.63) is 36.0 Å². The summed E-state index contributed by atoms with van der Waals surface area (Å²) in [7, 11) is 0. The highest BCUT2D eigenvalue weighted by atomic mass is 13.9. The summed E-state index contributed by atoms with van der Waals surface area (Å²) in [5.41, 5.74) is 1.44. The van der Waals surface area contributed by atoms with Crippen LogP contribution in [0.4, 0.5) is 0 Å². The molecule has 0 bridgehead atoms. The lowest BCUT2D eigenvalue weighted by molar-refractivity contribution is 0.797. The third-order valence-electron chi connectivity index (χ3n) is 1.80. The van der Waals surface area contributed by atoms with Crippen LogP contribution < -0.4 is 0 Å². The first-order valence-corrected chi connectivity index (χ1v) is 4.79. The second-order valence-corrected chi connectivity index (χ2v) is 2.85. The zero-order valence-electron chi connectivity index (χ0n) is 8.51. The molecule has 0 rings (SSSR count). The van der Waals surface area contributed by atoms with Gasteiger partial charge in [0.25, 0.3) is 0 Å². The Morgan fingerprint density at radius 2 is 1.92 bits per heavy atom. The second kappa shape index (κ2) is 8.32. The molecule has 0 aliphatic carbocycles. The molecule has 0 aromatic rings. The van der Waals surface area contributed by atoms with Gasteiger partial charge >= 0.3 is 0 Å². The van der Waals surface area contributed by atoms with Crippen LogP contribution in [0.2, 0.25) is 0 Å². The average Bonchev–Trinajstić information content (AvgIpc) is 2.11. The van der Waals surface area contributed by atoms with Crippen LogP contribution in [0.3, 0.4) is 0 Å². The largest absolute Gasteiger partial charge is 0.0877 e. The van der Waals surface area contributed by atoms with Gasteiger partial charge in [0.2, 0.25) is 0 Å². The number of hydrogen-bond acceptors (Lipinski definition) is 0. The van der Waals surface area contributed by atoms with Gasteiger partial charge in [0.05, 0.1) is 0 Å². The molecule has 0 nitrogen and oxygen atoms in total. The first kappa shape index (κ1) is 11.2. The third-order valence-corrected chi connectivity index (χ3v) is 1.80. The van der Waals surface area contributed by atoms with Crippen molar-refractivity contribution in [1.29, 1.82) is 0 Å². The van der Waals surface area contributed by atoms with Crippen molar-refractivity contribution in [3.63, 3.8) is 0 Å². The van der Waals surface area contributed by atoms with E-state index in [2.05, 4.69) is 38.2 Å². The van der Waals surface area contributed by atoms with Crippen LogP contribution in [0.1, 0.15) is 40.0 Å². The molecule has 0 aliphatic heterocycles. The van der Waals surface area contributed by atoms with Crippen molar-refractivity contribution in [1.82, 2.24) is 0 Å². The molecular formula is C12H20. The molecule has 0 heteroatoms. The molecule has 0 heterocycles. The molecule has 12 heavy (non-hydrogen) atoms. The van der Waals surface area contributed by atoms with E-state index < -0.39 is 0 Å². The Hall–Kier alpha value is -0.780. The maximum Gasteiger partial charge on any atom is -0.0282 e. The van der Waals surface area contributed by atoms with Gasteiger partial charge in [0.15, 0.2) is 0 Å². The maximum atomic E-state index is 2.23. The summed E-state index contributed by atoms with van der Waals surface area (Å²) in [5.74, 6) is 0. The fraction of sp³-hybridized carbons (Fsp3) is 0.500. The van der Waals surface area contributed by atoms with Gasteiger partial charge in [-0.05, 0) is 26.7 Å². The molecule has 0 aliphatic rings. The van der Waals surface area contributed by atoms with Crippen molar-refractivity contribution >= 4 is 0 Å². The van der Waals surface area contributed by atoms with Crippen molar-refractivity contribution < 1.29 is 0 Å². The van der Waals surface area contributed by atoms with E-state index in [0.29, 0.717) is 0 Å². The highest BCUT2D eigenvalue weighted by Gasteiger charge is 1.88. The standard InChI is InChI=1S/C12H20/c1-4-7-9-11-12(6-3)10-8-5-2/h4,6-7,9,11H,5,8,10H2,1-3H3/b7-4-,11-9-,12-6-. The Morgan fingerprint density at radius 3 is 2.42 bits per heavy atom. The van der Waals surface area contributed by atoms with E-state index in [9.17, 15) is 0 Å². The fourth-order valence-corrected chi connectivity index (χ4v) is 0.995. The molecule has 0 aromatic carbocycles. The third kappa shape index (κ3) is 5.96. The highest BCUT2D eigenvalue weighted by Crippen LogP contribution is 2.08. The topological polar surface area (TPSA) is 0 Å². The van der Waals surface area contributed by atoms with E-state index in [1.165, 1.54) is 24.8 Å². The maximum absolute atomic E-state index is 2.23. The first-order valence-electron chi connectivity index (χ1n) is 4.79. The molecular weight excluding hydrogens is 144 g/mol. The molecule has 0 fully saturated rings. The summed E-state index contributed by atoms with van der Waals surface area (Å²) >= 11 is 0. The lowest BCUT2D eigenvalue weighted by atomic mass is 10.1. The average molecular weight is 164 g/mol. The van der Waals surface area contributed by atoms with Gasteiger partial charge in [-0.3, -0.25) is 0 Å². The molecule has 0 aromatic heterocycles. The number of hydrogen-bond donors (Lipinski definition) is 0. The summed E-state index contributed by atoms with van der Waals surface area (Å²) in [6.07, 6.45) is 14.4. The number of allylic oxidation sites excluding steroid dienone is 6. The van der Waals surface area contributed by atoms with E-state index in [1.54, 1.807) is 0 Å². The Kier molecular flexibility index (Phi) is 7.78. The zero-order valence-corrected chi connectivity index (χ0v) is 8.51. The summed E-state index contributed by atoms with van der Waals surface area (Å²) < 4.78 is 0. The van der Waals surface area contributed by atoms with Crippen LogP contribution in [0.15, 0.2) is 36.0 Å². The fourth-order valence-electron chi connectivity index (χ4n) is 0.995. The van der Waals surface area contributed by atoms with Gasteiger partial charge in [-0.1, -0.05) is 49.3 Å². The van der Waals surface area contributed by atoms with E-state index in [4.69, 9.17) is 0 Å². The van der Waals surface area contributed by atoms with Crippen LogP contribution >= 0.6 is 0 Å². The van der Waals surface area contributed by atoms with Crippen molar-refractivity contribution in [2.75, 3.05) is 0 Å². The predicted octanol–water partition coefficient (Wildman–Crippen LogP) is 4.26. The van der Waals surface area contributed by atoms with Crippen molar-refractivity contribution in [2.24, 2.45) is 0 Å². The van der Waals surface area contributed by atoms with Crippen LogP contribution in [-0.4, -0.2) is 0 Å². The van der Waals surface area contributed by atoms with E-state index in [-0.39, 0.29) is 0 Å². The monoisotopic (exact) mass is 164 g/mol. The minimum Gasteiger partial charge on any atom is -0.0877 e. The van der Waals surface area contributed by atoms with Crippen molar-refractivity contribution in [2.45, 2.75) is 40.0 Å². The van der Waals surface area contributed by atoms with Crippen LogP contribution in [0.5, 0.6) is 0 Å². The molecule has 0 saturated heterocycles. The Balaban J connectivity index is 3.84. The minimum atomic E-state index is 1.21. The Morgan fingerprint density at radius 1 is 1.17 bits per heavy atom. The number of rotatable bonds is 5. The molecule has 0 amide bonds. The predicted molar refractivity (Wildman–Crippen MR) is 57.2 cm³/mol. The summed E-state index contributed by atoms with van der Waals surface area (Å²) in [6, 6.07) is 0. The molecule has 68 valence electrons. The van der Waals surface area contributed by atoms with Crippen LogP contribution in [0, 0.1) is 0 Å². The minimum absolute atomic E-state index is 1.21. The molecule has 0 unspecified atom stereocenters. The highest BCUT2D eigenvalue weighted by molar-refractivity contribution is 5.21. The van der Waals surface area contributed by atoms with Crippen molar-refractivity contribution in [3.8, 4) is 0 Å². The zero-order chi connectivity index (χ0) is 9.23. The lowest BCUT2D eigenvalue weighted by Gasteiger charge is -1.97. The lowest BCUT2D eigenvalue weighted by Crippen LogP contribution is -1.77. The first-order chi connectivity index (χ1) is 5.85. The summed E-state index contributed by atoms with van der Waals surface area (Å²) in [6.45, 7) is 6.36. The van der Waals surface area contributed by atoms with E-state index in [1.807, 2.05) is 13.0 Å². The molecule has 0 N–H and O–H groups in total. The number of unbranched alkanes of at least 4 members (excludes halogenated alkanes) is 1. The molecule has 0 atom stereocenters. The van der Waals surface area contributed by atoms with Gasteiger partial charge in [0.1, 0.15) is 0 Å². The summed E-state index contributed by atoms with van der Waals surface area (Å²) in [4.78, 5) is 0. The van der Waals surface area contributed by atoms with E-state index in [0.717, 1.165) is 0 Å². The van der Waals surface area contributed by atoms with Crippen LogP contribution in [0.25, 0.3) is 0 Å². The van der Waals surface area contributed by atoms with Gasteiger partial charge in [0, 0.05) is 0 Å². The van der Waals surface area contributed by atoms with Gasteiger partial charge in [-0.15, -0.1) is 0 Å². The van der Waals surface area contributed by atoms with Crippen LogP contribution in [-0.2, 0) is 0 Å². The van der Waals surface area contributed by atoms with Gasteiger partial charge in [-0.25, -0.2) is 0 Å². The molecule has 0 spiro atoms. The quantitative estimate of drug-likeness (QED) is 0.533. The second-order valence-electron chi connectivity index (χ2n) is 2.85. The normalized spacial score (nSPS) is 13.4. The van der Waals surface area contributed by atoms with Gasteiger partial charge in [-0.2, -0.15) is 0 Å². The SMILES string of the molecule is C\C=C/C=C\C(=C/C)CCCC. The van der Waals surface area contributed by atoms with E-state index >= 15 is 0 Å². The smallest absolute Gasteiger partial charge is 0.0282 e. The van der Waals surface area contributed by atoms with Gasteiger partial charge < -0.3 is 0 Å². The summed E-state index contributed by atoms with van der Waals surface area (Å²) in [5, 5.41) is 0. The Bertz CT molecular complexity index is 170. The molecule has 0 radical (unpaired) electrons. The molecule has 0 saturated carbocycles.